The standard InChI is InChI=1S/C21H40N2O6/c1-13(2)11-15(28-23-19(26)20(5,6)7)17(24)22-29-16(12-14(3)4)18(25)27-21(8,9)10/h13-16H,11-12H2,1-10H3,(H,22,24)(H,23,26)/t15-,16-/m1/s1. The second kappa shape index (κ2) is 11.5. The van der Waals surface area contributed by atoms with E-state index in [4.69, 9.17) is 14.4 Å². The second-order valence-electron chi connectivity index (χ2n) is 10.2. The molecule has 2 N–H and O–H groups in total. The molecule has 0 aliphatic carbocycles. The van der Waals surface area contributed by atoms with Crippen LogP contribution in [0.4, 0.5) is 0 Å². The summed E-state index contributed by atoms with van der Waals surface area (Å²) in [6.07, 6.45) is -1.16. The van der Waals surface area contributed by atoms with Crippen molar-refractivity contribution in [1.29, 1.82) is 0 Å². The lowest BCUT2D eigenvalue weighted by Gasteiger charge is -2.26. The van der Waals surface area contributed by atoms with E-state index in [1.807, 2.05) is 27.7 Å². The van der Waals surface area contributed by atoms with Crippen LogP contribution in [0.15, 0.2) is 0 Å². The smallest absolute Gasteiger partial charge is 0.338 e. The minimum absolute atomic E-state index is 0.134. The van der Waals surface area contributed by atoms with Crippen molar-refractivity contribution >= 4 is 17.8 Å². The molecule has 29 heavy (non-hydrogen) atoms. The molecule has 0 aliphatic heterocycles. The molecule has 0 aromatic rings. The second-order valence-corrected chi connectivity index (χ2v) is 10.2. The molecule has 8 nitrogen and oxygen atoms in total. The number of nitrogens with one attached hydrogen (secondary N) is 2. The monoisotopic (exact) mass is 416 g/mol. The molecule has 2 atom stereocenters. The molecule has 0 spiro atoms. The molecule has 8 heteroatoms. The molecular formula is C21H40N2O6. The molecular weight excluding hydrogens is 376 g/mol. The van der Waals surface area contributed by atoms with Crippen molar-refractivity contribution in [2.75, 3.05) is 0 Å². The van der Waals surface area contributed by atoms with Crippen LogP contribution in [0.1, 0.15) is 82.1 Å². The minimum atomic E-state index is -0.959. The van der Waals surface area contributed by atoms with E-state index in [2.05, 4.69) is 11.0 Å². The van der Waals surface area contributed by atoms with Gasteiger partial charge in [0.05, 0.1) is 0 Å². The fourth-order valence-corrected chi connectivity index (χ4v) is 2.10. The van der Waals surface area contributed by atoms with Crippen molar-refractivity contribution in [3.05, 3.63) is 0 Å². The van der Waals surface area contributed by atoms with Gasteiger partial charge in [-0.1, -0.05) is 48.5 Å². The van der Waals surface area contributed by atoms with E-state index in [1.165, 1.54) is 0 Å². The molecule has 0 rings (SSSR count). The lowest BCUT2D eigenvalue weighted by atomic mass is 9.96. The van der Waals surface area contributed by atoms with Crippen LogP contribution < -0.4 is 11.0 Å². The maximum Gasteiger partial charge on any atom is 0.338 e. The Morgan fingerprint density at radius 2 is 1.21 bits per heavy atom. The fourth-order valence-electron chi connectivity index (χ4n) is 2.10. The zero-order valence-corrected chi connectivity index (χ0v) is 19.7. The van der Waals surface area contributed by atoms with E-state index in [1.54, 1.807) is 41.5 Å². The summed E-state index contributed by atoms with van der Waals surface area (Å²) >= 11 is 0. The van der Waals surface area contributed by atoms with Crippen molar-refractivity contribution in [3.8, 4) is 0 Å². The molecule has 0 unspecified atom stereocenters. The lowest BCUT2D eigenvalue weighted by molar-refractivity contribution is -0.181. The molecule has 0 heterocycles. The fraction of sp³-hybridized carbons (Fsp3) is 0.857. The molecule has 0 radical (unpaired) electrons. The number of hydrogen-bond acceptors (Lipinski definition) is 6. The van der Waals surface area contributed by atoms with Gasteiger partial charge >= 0.3 is 5.97 Å². The first-order valence-electron chi connectivity index (χ1n) is 10.2. The zero-order valence-electron chi connectivity index (χ0n) is 19.7. The van der Waals surface area contributed by atoms with Crippen LogP contribution in [-0.4, -0.2) is 35.6 Å². The zero-order chi connectivity index (χ0) is 23.0. The molecule has 0 saturated carbocycles. The van der Waals surface area contributed by atoms with Gasteiger partial charge in [-0.15, -0.1) is 0 Å². The molecule has 0 saturated heterocycles. The molecule has 170 valence electrons. The number of rotatable bonds is 10. The first kappa shape index (κ1) is 27.3. The highest BCUT2D eigenvalue weighted by atomic mass is 16.7. The van der Waals surface area contributed by atoms with Gasteiger partial charge in [0.25, 0.3) is 5.91 Å². The van der Waals surface area contributed by atoms with Gasteiger partial charge in [0.1, 0.15) is 5.60 Å². The predicted octanol–water partition coefficient (Wildman–Crippen LogP) is 3.30. The van der Waals surface area contributed by atoms with Crippen LogP contribution in [0.2, 0.25) is 0 Å². The maximum absolute atomic E-state index is 12.6. The Kier molecular flexibility index (Phi) is 10.8. The summed E-state index contributed by atoms with van der Waals surface area (Å²) in [4.78, 5) is 47.7. The first-order chi connectivity index (χ1) is 13.0. The number of carbonyl (C=O) groups is 3. The normalized spacial score (nSPS) is 14.5. The summed E-state index contributed by atoms with van der Waals surface area (Å²) in [6, 6.07) is 0. The highest BCUT2D eigenvalue weighted by Crippen LogP contribution is 2.16. The van der Waals surface area contributed by atoms with Gasteiger partial charge in [-0.3, -0.25) is 19.3 Å². The molecule has 0 fully saturated rings. The molecule has 0 aromatic carbocycles. The average Bonchev–Trinajstić information content (AvgIpc) is 2.51. The van der Waals surface area contributed by atoms with Crippen LogP contribution in [0.5, 0.6) is 0 Å². The van der Waals surface area contributed by atoms with Crippen molar-refractivity contribution in [2.24, 2.45) is 17.3 Å². The van der Waals surface area contributed by atoms with Crippen molar-refractivity contribution in [1.82, 2.24) is 11.0 Å². The van der Waals surface area contributed by atoms with E-state index in [0.717, 1.165) is 0 Å². The molecule has 0 aromatic heterocycles. The number of amides is 2. The van der Waals surface area contributed by atoms with Crippen LogP contribution in [0.3, 0.4) is 0 Å². The Hall–Kier alpha value is -1.67. The van der Waals surface area contributed by atoms with E-state index in [9.17, 15) is 14.4 Å². The largest absolute Gasteiger partial charge is 0.458 e. The van der Waals surface area contributed by atoms with E-state index in [0.29, 0.717) is 12.8 Å². The highest BCUT2D eigenvalue weighted by Gasteiger charge is 2.30. The van der Waals surface area contributed by atoms with Crippen LogP contribution in [0, 0.1) is 17.3 Å². The first-order valence-corrected chi connectivity index (χ1v) is 10.2. The summed E-state index contributed by atoms with van der Waals surface area (Å²) in [5.74, 6) is -1.18. The van der Waals surface area contributed by atoms with Gasteiger partial charge in [0.2, 0.25) is 5.91 Å². The summed E-state index contributed by atoms with van der Waals surface area (Å²) in [5.41, 5.74) is 3.32. The molecule has 0 aliphatic rings. The highest BCUT2D eigenvalue weighted by molar-refractivity contribution is 5.82. The summed E-state index contributed by atoms with van der Waals surface area (Å²) in [6.45, 7) is 18.2. The lowest BCUT2D eigenvalue weighted by Crippen LogP contribution is -2.46. The van der Waals surface area contributed by atoms with Gasteiger partial charge in [-0.25, -0.2) is 15.8 Å². The van der Waals surface area contributed by atoms with Crippen LogP contribution >= 0.6 is 0 Å². The van der Waals surface area contributed by atoms with Crippen molar-refractivity contribution in [2.45, 2.75) is 99.9 Å². The topological polar surface area (TPSA) is 103 Å². The third kappa shape index (κ3) is 12.5. The summed E-state index contributed by atoms with van der Waals surface area (Å²) < 4.78 is 5.37. The number of ether oxygens (including phenoxy) is 1. The number of esters is 1. The van der Waals surface area contributed by atoms with Crippen molar-refractivity contribution in [3.63, 3.8) is 0 Å². The Labute approximate surface area is 175 Å². The van der Waals surface area contributed by atoms with E-state index < -0.39 is 35.1 Å². The quantitative estimate of drug-likeness (QED) is 0.418. The van der Waals surface area contributed by atoms with Crippen LogP contribution in [-0.2, 0) is 28.8 Å². The Morgan fingerprint density at radius 1 is 0.759 bits per heavy atom. The van der Waals surface area contributed by atoms with Gasteiger partial charge in [-0.05, 0) is 45.4 Å². The van der Waals surface area contributed by atoms with Gasteiger partial charge in [0.15, 0.2) is 12.2 Å². The number of carbonyl (C=O) groups excluding carboxylic acids is 3. The number of hydrogen-bond donors (Lipinski definition) is 2. The van der Waals surface area contributed by atoms with E-state index >= 15 is 0 Å². The Morgan fingerprint density at radius 3 is 1.62 bits per heavy atom. The summed E-state index contributed by atoms with van der Waals surface area (Å²) in [7, 11) is 0. The predicted molar refractivity (Wildman–Crippen MR) is 110 cm³/mol. The van der Waals surface area contributed by atoms with Crippen molar-refractivity contribution < 1.29 is 28.8 Å². The maximum atomic E-state index is 12.6. The number of hydroxylamine groups is 2. The third-order valence-corrected chi connectivity index (χ3v) is 3.61. The average molecular weight is 417 g/mol. The summed E-state index contributed by atoms with van der Waals surface area (Å²) in [5, 5.41) is 0. The molecule has 0 bridgehead atoms. The third-order valence-electron chi connectivity index (χ3n) is 3.61. The van der Waals surface area contributed by atoms with Crippen LogP contribution in [0.25, 0.3) is 0 Å². The van der Waals surface area contributed by atoms with E-state index in [-0.39, 0.29) is 17.7 Å². The van der Waals surface area contributed by atoms with Gasteiger partial charge < -0.3 is 4.74 Å². The minimum Gasteiger partial charge on any atom is -0.458 e. The SMILES string of the molecule is CC(C)C[C@@H](ONC(=O)C(C)(C)C)C(=O)NO[C@H](CC(C)C)C(=O)OC(C)(C)C. The Balaban J connectivity index is 5.05. The Bertz CT molecular complexity index is 546. The van der Waals surface area contributed by atoms with Gasteiger partial charge in [0, 0.05) is 5.41 Å². The molecule has 2 amide bonds. The van der Waals surface area contributed by atoms with Gasteiger partial charge in [-0.2, -0.15) is 0 Å².